The van der Waals surface area contributed by atoms with E-state index in [0.717, 1.165) is 31.4 Å². The second-order valence-electron chi connectivity index (χ2n) is 5.21. The lowest BCUT2D eigenvalue weighted by Gasteiger charge is -2.18. The number of rotatable bonds is 5. The Morgan fingerprint density at radius 3 is 2.65 bits per heavy atom. The zero-order valence-corrected chi connectivity index (χ0v) is 11.9. The van der Waals surface area contributed by atoms with E-state index in [4.69, 9.17) is 5.73 Å². The van der Waals surface area contributed by atoms with Gasteiger partial charge >= 0.3 is 0 Å². The van der Waals surface area contributed by atoms with Crippen LogP contribution in [0.1, 0.15) is 19.3 Å². The molecule has 2 rings (SSSR count). The Morgan fingerprint density at radius 2 is 2.00 bits per heavy atom. The summed E-state index contributed by atoms with van der Waals surface area (Å²) < 4.78 is 39.9. The van der Waals surface area contributed by atoms with Gasteiger partial charge in [-0.2, -0.15) is 0 Å². The third-order valence-corrected chi connectivity index (χ3v) is 5.19. The third-order valence-electron chi connectivity index (χ3n) is 3.79. The largest absolute Gasteiger partial charge is 0.399 e. The van der Waals surface area contributed by atoms with Gasteiger partial charge < -0.3 is 10.8 Å². The van der Waals surface area contributed by atoms with Crippen molar-refractivity contribution in [2.24, 2.45) is 11.8 Å². The zero-order valence-electron chi connectivity index (χ0n) is 11.0. The summed E-state index contributed by atoms with van der Waals surface area (Å²) in [5.41, 5.74) is 5.52. The summed E-state index contributed by atoms with van der Waals surface area (Å²) in [6, 6.07) is 3.23. The molecule has 0 amide bonds. The number of aliphatic hydroxyl groups excluding tert-OH is 1. The highest BCUT2D eigenvalue weighted by atomic mass is 32.2. The lowest BCUT2D eigenvalue weighted by molar-refractivity contribution is 0.195. The average Bonchev–Trinajstić information content (AvgIpc) is 2.82. The topological polar surface area (TPSA) is 92.4 Å². The predicted octanol–water partition coefficient (Wildman–Crippen LogP) is 1.09. The van der Waals surface area contributed by atoms with Crippen LogP contribution in [0.2, 0.25) is 0 Å². The van der Waals surface area contributed by atoms with Crippen molar-refractivity contribution in [2.45, 2.75) is 24.2 Å². The van der Waals surface area contributed by atoms with Crippen molar-refractivity contribution in [3.63, 3.8) is 0 Å². The molecule has 1 aliphatic carbocycles. The maximum Gasteiger partial charge on any atom is 0.240 e. The summed E-state index contributed by atoms with van der Waals surface area (Å²) in [4.78, 5) is -0.173. The molecule has 1 aliphatic rings. The number of nitrogens with two attached hydrogens (primary N) is 1. The summed E-state index contributed by atoms with van der Waals surface area (Å²) in [6.07, 6.45) is 2.79. The summed E-state index contributed by atoms with van der Waals surface area (Å²) in [7, 11) is -3.78. The summed E-state index contributed by atoms with van der Waals surface area (Å²) in [5.74, 6) is -0.421. The lowest BCUT2D eigenvalue weighted by atomic mass is 9.97. The molecular weight excluding hydrogens is 283 g/mol. The van der Waals surface area contributed by atoms with E-state index in [1.54, 1.807) is 0 Å². The van der Waals surface area contributed by atoms with Crippen LogP contribution in [-0.2, 0) is 10.0 Å². The summed E-state index contributed by atoms with van der Waals surface area (Å²) in [5, 5.41) is 9.21. The monoisotopic (exact) mass is 302 g/mol. The highest BCUT2D eigenvalue weighted by Crippen LogP contribution is 2.31. The smallest absolute Gasteiger partial charge is 0.240 e. The normalized spacial score (nSPS) is 23.1. The van der Waals surface area contributed by atoms with Crippen LogP contribution in [0.3, 0.4) is 0 Å². The van der Waals surface area contributed by atoms with Crippen LogP contribution >= 0.6 is 0 Å². The van der Waals surface area contributed by atoms with Gasteiger partial charge in [0, 0.05) is 18.8 Å². The van der Waals surface area contributed by atoms with E-state index in [2.05, 4.69) is 4.72 Å². The van der Waals surface area contributed by atoms with E-state index < -0.39 is 15.8 Å². The van der Waals surface area contributed by atoms with Gasteiger partial charge in [-0.15, -0.1) is 0 Å². The van der Waals surface area contributed by atoms with Crippen LogP contribution in [0.15, 0.2) is 23.1 Å². The molecule has 1 aromatic rings. The molecule has 4 N–H and O–H groups in total. The lowest BCUT2D eigenvalue weighted by Crippen LogP contribution is -2.31. The number of anilines is 1. The predicted molar refractivity (Wildman–Crippen MR) is 73.9 cm³/mol. The third kappa shape index (κ3) is 3.47. The van der Waals surface area contributed by atoms with Gasteiger partial charge in [-0.3, -0.25) is 0 Å². The molecule has 0 saturated heterocycles. The molecule has 1 fully saturated rings. The van der Waals surface area contributed by atoms with E-state index >= 15 is 0 Å². The van der Waals surface area contributed by atoms with Gasteiger partial charge in [0.25, 0.3) is 0 Å². The summed E-state index contributed by atoms with van der Waals surface area (Å²) in [6.45, 7) is 0.323. The zero-order chi connectivity index (χ0) is 14.8. The number of sulfonamides is 1. The van der Waals surface area contributed by atoms with Crippen molar-refractivity contribution in [1.29, 1.82) is 0 Å². The van der Waals surface area contributed by atoms with E-state index in [-0.39, 0.29) is 35.6 Å². The molecule has 2 unspecified atom stereocenters. The van der Waals surface area contributed by atoms with Gasteiger partial charge in [0.2, 0.25) is 10.0 Å². The first-order valence-electron chi connectivity index (χ1n) is 6.59. The standard InChI is InChI=1S/C13H19FN2O3S/c14-11-4-12(15)6-13(5-11)20(18,19)16-7-9-2-1-3-10(9)8-17/h4-6,9-10,16-17H,1-3,7-8,15H2. The minimum atomic E-state index is -3.78. The van der Waals surface area contributed by atoms with Gasteiger partial charge in [0.15, 0.2) is 0 Å². The molecule has 1 aromatic carbocycles. The molecule has 2 atom stereocenters. The van der Waals surface area contributed by atoms with Crippen LogP contribution in [-0.4, -0.2) is 26.7 Å². The first-order valence-corrected chi connectivity index (χ1v) is 8.07. The fraction of sp³-hybridized carbons (Fsp3) is 0.538. The Balaban J connectivity index is 2.07. The minimum absolute atomic E-state index is 0.0688. The molecular formula is C13H19FN2O3S. The number of nitrogen functional groups attached to an aromatic ring is 1. The van der Waals surface area contributed by atoms with Gasteiger partial charge in [0.05, 0.1) is 4.90 Å². The first kappa shape index (κ1) is 15.2. The van der Waals surface area contributed by atoms with Crippen LogP contribution in [0.25, 0.3) is 0 Å². The highest BCUT2D eigenvalue weighted by molar-refractivity contribution is 7.89. The molecule has 7 heteroatoms. The molecule has 0 aromatic heterocycles. The Labute approximate surface area is 118 Å². The minimum Gasteiger partial charge on any atom is -0.399 e. The highest BCUT2D eigenvalue weighted by Gasteiger charge is 2.28. The van der Waals surface area contributed by atoms with Crippen LogP contribution in [0.4, 0.5) is 10.1 Å². The van der Waals surface area contributed by atoms with Gasteiger partial charge in [0.1, 0.15) is 5.82 Å². The van der Waals surface area contributed by atoms with Crippen molar-refractivity contribution in [2.75, 3.05) is 18.9 Å². The van der Waals surface area contributed by atoms with E-state index in [0.29, 0.717) is 0 Å². The maximum absolute atomic E-state index is 13.2. The van der Waals surface area contributed by atoms with Gasteiger partial charge in [-0.05, 0) is 42.9 Å². The van der Waals surface area contributed by atoms with Crippen molar-refractivity contribution in [1.82, 2.24) is 4.72 Å². The van der Waals surface area contributed by atoms with E-state index in [1.807, 2.05) is 0 Å². The number of nitrogens with one attached hydrogen (secondary N) is 1. The van der Waals surface area contributed by atoms with Gasteiger partial charge in [-0.25, -0.2) is 17.5 Å². The fourth-order valence-electron chi connectivity index (χ4n) is 2.66. The average molecular weight is 302 g/mol. The Kier molecular flexibility index (Phi) is 4.62. The molecule has 1 saturated carbocycles. The van der Waals surface area contributed by atoms with Crippen molar-refractivity contribution < 1.29 is 17.9 Å². The fourth-order valence-corrected chi connectivity index (χ4v) is 3.82. The quantitative estimate of drug-likeness (QED) is 0.710. The molecule has 0 spiro atoms. The SMILES string of the molecule is Nc1cc(F)cc(S(=O)(=O)NCC2CCCC2CO)c1. The van der Waals surface area contributed by atoms with Crippen LogP contribution in [0.5, 0.6) is 0 Å². The molecule has 0 radical (unpaired) electrons. The molecule has 0 aliphatic heterocycles. The Morgan fingerprint density at radius 1 is 1.30 bits per heavy atom. The Bertz CT molecular complexity index is 557. The molecule has 112 valence electrons. The second-order valence-corrected chi connectivity index (χ2v) is 6.97. The van der Waals surface area contributed by atoms with E-state index in [1.165, 1.54) is 6.07 Å². The molecule has 5 nitrogen and oxygen atoms in total. The number of halogens is 1. The second kappa shape index (κ2) is 6.07. The first-order chi connectivity index (χ1) is 9.42. The van der Waals surface area contributed by atoms with Crippen molar-refractivity contribution >= 4 is 15.7 Å². The Hall–Kier alpha value is -1.18. The molecule has 20 heavy (non-hydrogen) atoms. The molecule has 0 heterocycles. The van der Waals surface area contributed by atoms with Crippen LogP contribution in [0, 0.1) is 17.7 Å². The maximum atomic E-state index is 13.2. The summed E-state index contributed by atoms with van der Waals surface area (Å²) >= 11 is 0. The number of benzene rings is 1. The van der Waals surface area contributed by atoms with Crippen LogP contribution < -0.4 is 10.5 Å². The van der Waals surface area contributed by atoms with Gasteiger partial charge in [-0.1, -0.05) is 6.42 Å². The number of hydrogen-bond donors (Lipinski definition) is 3. The van der Waals surface area contributed by atoms with E-state index in [9.17, 15) is 17.9 Å². The van der Waals surface area contributed by atoms with Crippen molar-refractivity contribution in [3.8, 4) is 0 Å². The number of aliphatic hydroxyl groups is 1. The number of hydrogen-bond acceptors (Lipinski definition) is 4. The molecule has 0 bridgehead atoms. The van der Waals surface area contributed by atoms with Crippen molar-refractivity contribution in [3.05, 3.63) is 24.0 Å².